The third-order valence-electron chi connectivity index (χ3n) is 3.71. The molecule has 0 unspecified atom stereocenters. The molecule has 0 aliphatic carbocycles. The number of urea groups is 1. The van der Waals surface area contributed by atoms with Gasteiger partial charge in [0.15, 0.2) is 0 Å². The van der Waals surface area contributed by atoms with Crippen LogP contribution < -0.4 is 15.5 Å². The lowest BCUT2D eigenvalue weighted by Crippen LogP contribution is -2.45. The summed E-state index contributed by atoms with van der Waals surface area (Å²) in [6, 6.07) is 5.15. The second-order valence-corrected chi connectivity index (χ2v) is 7.21. The molecular weight excluding hydrogens is 366 g/mol. The zero-order chi connectivity index (χ0) is 20.9. The number of carbonyl (C=O) groups excluding carboxylic acids is 4. The van der Waals surface area contributed by atoms with Gasteiger partial charge in [-0.25, -0.2) is 19.3 Å². The molecular formula is C19H25N3O6. The summed E-state index contributed by atoms with van der Waals surface area (Å²) in [7, 11) is 0. The fraction of sp³-hybridized carbons (Fsp3) is 0.474. The van der Waals surface area contributed by atoms with Gasteiger partial charge in [-0.15, -0.1) is 0 Å². The zero-order valence-electron chi connectivity index (χ0n) is 16.4. The average molecular weight is 391 g/mol. The Morgan fingerprint density at radius 2 is 2.00 bits per heavy atom. The average Bonchev–Trinajstić information content (AvgIpc) is 2.91. The number of hydrogen-bond donors (Lipinski definition) is 2. The molecule has 1 aromatic carbocycles. The zero-order valence-corrected chi connectivity index (χ0v) is 16.4. The van der Waals surface area contributed by atoms with Crippen LogP contribution in [0.2, 0.25) is 0 Å². The quantitative estimate of drug-likeness (QED) is 0.564. The van der Waals surface area contributed by atoms with Gasteiger partial charge in [-0.05, 0) is 45.4 Å². The van der Waals surface area contributed by atoms with Crippen molar-refractivity contribution in [2.24, 2.45) is 0 Å². The van der Waals surface area contributed by atoms with E-state index in [1.165, 1.54) is 0 Å². The van der Waals surface area contributed by atoms with Gasteiger partial charge in [-0.1, -0.05) is 12.1 Å². The van der Waals surface area contributed by atoms with Gasteiger partial charge in [0.1, 0.15) is 11.6 Å². The molecule has 1 aromatic rings. The maximum Gasteiger partial charge on any atom is 0.408 e. The first-order chi connectivity index (χ1) is 13.1. The molecule has 2 rings (SSSR count). The number of alkyl carbamates (subject to hydrolysis) is 1. The lowest BCUT2D eigenvalue weighted by Gasteiger charge is -2.23. The van der Waals surface area contributed by atoms with E-state index in [0.717, 1.165) is 4.90 Å². The molecule has 2 N–H and O–H groups in total. The van der Waals surface area contributed by atoms with E-state index in [9.17, 15) is 19.2 Å². The Kier molecular flexibility index (Phi) is 6.61. The molecule has 9 heteroatoms. The molecule has 1 fully saturated rings. The van der Waals surface area contributed by atoms with Crippen molar-refractivity contribution in [2.75, 3.05) is 18.1 Å². The maximum atomic E-state index is 12.3. The molecule has 1 atom stereocenters. The van der Waals surface area contributed by atoms with Gasteiger partial charge in [0.25, 0.3) is 5.91 Å². The van der Waals surface area contributed by atoms with Crippen molar-refractivity contribution in [2.45, 2.75) is 45.8 Å². The molecule has 152 valence electrons. The third kappa shape index (κ3) is 5.70. The number of esters is 1. The van der Waals surface area contributed by atoms with E-state index in [-0.39, 0.29) is 25.5 Å². The van der Waals surface area contributed by atoms with E-state index in [0.29, 0.717) is 11.3 Å². The highest BCUT2D eigenvalue weighted by Crippen LogP contribution is 2.20. The largest absolute Gasteiger partial charge is 0.464 e. The number of benzene rings is 1. The van der Waals surface area contributed by atoms with Crippen molar-refractivity contribution >= 4 is 29.7 Å². The monoisotopic (exact) mass is 391 g/mol. The van der Waals surface area contributed by atoms with Crippen LogP contribution in [0.5, 0.6) is 0 Å². The van der Waals surface area contributed by atoms with Crippen LogP contribution in [0.1, 0.15) is 33.3 Å². The third-order valence-corrected chi connectivity index (χ3v) is 3.71. The van der Waals surface area contributed by atoms with Crippen LogP contribution >= 0.6 is 0 Å². The van der Waals surface area contributed by atoms with Gasteiger partial charge in [-0.3, -0.25) is 4.79 Å². The Morgan fingerprint density at radius 1 is 1.29 bits per heavy atom. The van der Waals surface area contributed by atoms with E-state index in [1.807, 2.05) is 0 Å². The topological polar surface area (TPSA) is 114 Å². The number of anilines is 1. The van der Waals surface area contributed by atoms with E-state index in [4.69, 9.17) is 9.47 Å². The number of amides is 4. The van der Waals surface area contributed by atoms with Crippen LogP contribution in [0.4, 0.5) is 15.3 Å². The fourth-order valence-electron chi connectivity index (χ4n) is 2.63. The summed E-state index contributed by atoms with van der Waals surface area (Å²) in [5, 5.41) is 4.97. The van der Waals surface area contributed by atoms with Crippen molar-refractivity contribution in [1.82, 2.24) is 10.6 Å². The van der Waals surface area contributed by atoms with Crippen molar-refractivity contribution in [1.29, 1.82) is 0 Å². The lowest BCUT2D eigenvalue weighted by atomic mass is 10.0. The van der Waals surface area contributed by atoms with Crippen molar-refractivity contribution < 1.29 is 28.7 Å². The van der Waals surface area contributed by atoms with Gasteiger partial charge in [0.05, 0.1) is 18.8 Å². The highest BCUT2D eigenvalue weighted by molar-refractivity contribution is 6.19. The summed E-state index contributed by atoms with van der Waals surface area (Å²) < 4.78 is 10.2. The predicted octanol–water partition coefficient (Wildman–Crippen LogP) is 1.74. The normalized spacial score (nSPS) is 15.1. The Bertz CT molecular complexity index is 755. The number of ether oxygens (including phenoxy) is 2. The van der Waals surface area contributed by atoms with E-state index in [1.54, 1.807) is 52.0 Å². The lowest BCUT2D eigenvalue weighted by molar-refractivity contribution is -0.145. The fourth-order valence-corrected chi connectivity index (χ4v) is 2.63. The van der Waals surface area contributed by atoms with Crippen LogP contribution in [0.15, 0.2) is 24.3 Å². The summed E-state index contributed by atoms with van der Waals surface area (Å²) in [5.41, 5.74) is 0.309. The van der Waals surface area contributed by atoms with Gasteiger partial charge >= 0.3 is 18.1 Å². The van der Waals surface area contributed by atoms with Gasteiger partial charge in [0.2, 0.25) is 0 Å². The van der Waals surface area contributed by atoms with Crippen molar-refractivity contribution in [3.05, 3.63) is 29.8 Å². The first-order valence-electron chi connectivity index (χ1n) is 8.96. The SMILES string of the molecule is CCOC(=O)[C@@H](Cc1cccc(N2C(=O)CNC2=O)c1)NC(=O)OC(C)(C)C. The predicted molar refractivity (Wildman–Crippen MR) is 101 cm³/mol. The smallest absolute Gasteiger partial charge is 0.408 e. The number of imide groups is 1. The van der Waals surface area contributed by atoms with E-state index in [2.05, 4.69) is 10.6 Å². The number of hydrogen-bond acceptors (Lipinski definition) is 6. The van der Waals surface area contributed by atoms with Crippen molar-refractivity contribution in [3.63, 3.8) is 0 Å². The van der Waals surface area contributed by atoms with Crippen LogP contribution in [-0.4, -0.2) is 48.8 Å². The number of nitrogens with zero attached hydrogens (tertiary/aromatic N) is 1. The van der Waals surface area contributed by atoms with E-state index < -0.39 is 29.7 Å². The highest BCUT2D eigenvalue weighted by atomic mass is 16.6. The molecule has 1 heterocycles. The summed E-state index contributed by atoms with van der Waals surface area (Å²) in [4.78, 5) is 49.1. The van der Waals surface area contributed by atoms with Crippen LogP contribution in [-0.2, 0) is 25.5 Å². The Labute approximate surface area is 163 Å². The summed E-state index contributed by atoms with van der Waals surface area (Å²) >= 11 is 0. The molecule has 0 bridgehead atoms. The molecule has 1 aliphatic rings. The summed E-state index contributed by atoms with van der Waals surface area (Å²) in [6.07, 6.45) is -0.633. The number of carbonyl (C=O) groups is 4. The maximum absolute atomic E-state index is 12.3. The molecule has 28 heavy (non-hydrogen) atoms. The first-order valence-corrected chi connectivity index (χ1v) is 8.96. The molecule has 0 spiro atoms. The first kappa shape index (κ1) is 21.2. The summed E-state index contributed by atoms with van der Waals surface area (Å²) in [6.45, 7) is 6.91. The van der Waals surface area contributed by atoms with Crippen molar-refractivity contribution in [3.8, 4) is 0 Å². The van der Waals surface area contributed by atoms with Crippen LogP contribution in [0.3, 0.4) is 0 Å². The second kappa shape index (κ2) is 8.73. The molecule has 0 aromatic heterocycles. The second-order valence-electron chi connectivity index (χ2n) is 7.21. The Hall–Kier alpha value is -3.10. The molecule has 1 saturated heterocycles. The standard InChI is InChI=1S/C19H25N3O6/c1-5-27-16(24)14(21-18(26)28-19(2,3)4)10-12-7-6-8-13(9-12)22-15(23)11-20-17(22)25/h6-9,14H,5,10-11H2,1-4H3,(H,20,25)(H,21,26)/t14-/m1/s1. The van der Waals surface area contributed by atoms with Crippen LogP contribution in [0, 0.1) is 0 Å². The summed E-state index contributed by atoms with van der Waals surface area (Å²) in [5.74, 6) is -0.968. The van der Waals surface area contributed by atoms with Gasteiger partial charge in [-0.2, -0.15) is 0 Å². The molecule has 0 saturated carbocycles. The van der Waals surface area contributed by atoms with E-state index >= 15 is 0 Å². The Morgan fingerprint density at radius 3 is 2.57 bits per heavy atom. The highest BCUT2D eigenvalue weighted by Gasteiger charge is 2.31. The van der Waals surface area contributed by atoms with Crippen LogP contribution in [0.25, 0.3) is 0 Å². The van der Waals surface area contributed by atoms with Gasteiger partial charge < -0.3 is 20.1 Å². The minimum Gasteiger partial charge on any atom is -0.464 e. The number of rotatable bonds is 6. The molecule has 9 nitrogen and oxygen atoms in total. The minimum atomic E-state index is -0.979. The molecule has 0 radical (unpaired) electrons. The van der Waals surface area contributed by atoms with Gasteiger partial charge in [0, 0.05) is 6.42 Å². The molecule has 1 aliphatic heterocycles. The number of nitrogens with one attached hydrogen (secondary N) is 2. The minimum absolute atomic E-state index is 0.0608. The molecule has 4 amide bonds. The Balaban J connectivity index is 2.18.